The zero-order valence-corrected chi connectivity index (χ0v) is 13.5. The van der Waals surface area contributed by atoms with Crippen LogP contribution < -0.4 is 5.32 Å². The molecule has 0 radical (unpaired) electrons. The number of hydrogen-bond donors (Lipinski definition) is 1. The van der Waals surface area contributed by atoms with E-state index in [2.05, 4.69) is 10.5 Å². The first-order valence-corrected chi connectivity index (χ1v) is 9.17. The van der Waals surface area contributed by atoms with Gasteiger partial charge in [-0.1, -0.05) is 17.3 Å². The molecule has 1 saturated heterocycles. The van der Waals surface area contributed by atoms with E-state index in [4.69, 9.17) is 4.52 Å². The summed E-state index contributed by atoms with van der Waals surface area (Å²) >= 11 is 0. The largest absolute Gasteiger partial charge is 0.356 e. The SMILES string of the molecule is CNCC1CCCN(S(=O)(=O)Cc2noc3ccccc23)C1. The molecular formula is C15H21N3O3S. The molecule has 1 aromatic heterocycles. The molecule has 1 N–H and O–H groups in total. The summed E-state index contributed by atoms with van der Waals surface area (Å²) in [5.41, 5.74) is 1.12. The smallest absolute Gasteiger partial charge is 0.220 e. The average Bonchev–Trinajstić information content (AvgIpc) is 2.91. The summed E-state index contributed by atoms with van der Waals surface area (Å²) < 4.78 is 32.1. The molecule has 22 heavy (non-hydrogen) atoms. The summed E-state index contributed by atoms with van der Waals surface area (Å²) in [4.78, 5) is 0. The van der Waals surface area contributed by atoms with Crippen LogP contribution in [-0.2, 0) is 15.8 Å². The van der Waals surface area contributed by atoms with Gasteiger partial charge in [-0.15, -0.1) is 0 Å². The number of sulfonamides is 1. The van der Waals surface area contributed by atoms with Crippen LogP contribution in [0.4, 0.5) is 0 Å². The van der Waals surface area contributed by atoms with E-state index in [1.165, 1.54) is 0 Å². The van der Waals surface area contributed by atoms with Gasteiger partial charge in [0.1, 0.15) is 11.4 Å². The van der Waals surface area contributed by atoms with Gasteiger partial charge in [-0.25, -0.2) is 12.7 Å². The molecule has 7 heteroatoms. The summed E-state index contributed by atoms with van der Waals surface area (Å²) in [5.74, 6) is 0.276. The molecule has 0 amide bonds. The first-order chi connectivity index (χ1) is 10.6. The zero-order valence-electron chi connectivity index (χ0n) is 12.7. The fourth-order valence-corrected chi connectivity index (χ4v) is 4.62. The van der Waals surface area contributed by atoms with Gasteiger partial charge in [0, 0.05) is 18.5 Å². The number of nitrogens with zero attached hydrogens (tertiary/aromatic N) is 2. The highest BCUT2D eigenvalue weighted by molar-refractivity contribution is 7.88. The summed E-state index contributed by atoms with van der Waals surface area (Å²) in [6, 6.07) is 7.34. The predicted octanol–water partition coefficient (Wildman–Crippen LogP) is 1.59. The molecule has 0 aliphatic carbocycles. The highest BCUT2D eigenvalue weighted by Gasteiger charge is 2.30. The van der Waals surface area contributed by atoms with Crippen LogP contribution in [0.25, 0.3) is 11.0 Å². The molecular weight excluding hydrogens is 302 g/mol. The van der Waals surface area contributed by atoms with Gasteiger partial charge >= 0.3 is 0 Å². The molecule has 0 spiro atoms. The molecule has 1 aromatic carbocycles. The minimum atomic E-state index is -3.37. The number of nitrogens with one attached hydrogen (secondary N) is 1. The van der Waals surface area contributed by atoms with Crippen LogP contribution in [0.2, 0.25) is 0 Å². The van der Waals surface area contributed by atoms with Gasteiger partial charge in [0.05, 0.1) is 0 Å². The van der Waals surface area contributed by atoms with Crippen molar-refractivity contribution in [2.75, 3.05) is 26.7 Å². The molecule has 3 rings (SSSR count). The van der Waals surface area contributed by atoms with E-state index < -0.39 is 10.0 Å². The first-order valence-electron chi connectivity index (χ1n) is 7.56. The van der Waals surface area contributed by atoms with Crippen LogP contribution in [0.1, 0.15) is 18.5 Å². The van der Waals surface area contributed by atoms with Crippen molar-refractivity contribution < 1.29 is 12.9 Å². The molecule has 2 aromatic rings. The van der Waals surface area contributed by atoms with Crippen LogP contribution in [0, 0.1) is 5.92 Å². The van der Waals surface area contributed by atoms with E-state index in [0.29, 0.717) is 30.3 Å². The lowest BCUT2D eigenvalue weighted by molar-refractivity contribution is 0.263. The third kappa shape index (κ3) is 3.16. The second-order valence-electron chi connectivity index (χ2n) is 5.81. The van der Waals surface area contributed by atoms with Gasteiger partial charge in [0.15, 0.2) is 5.58 Å². The first kappa shape index (κ1) is 15.5. The van der Waals surface area contributed by atoms with Gasteiger partial charge in [0.2, 0.25) is 10.0 Å². The third-order valence-electron chi connectivity index (χ3n) is 4.14. The van der Waals surface area contributed by atoms with Crippen molar-refractivity contribution in [3.8, 4) is 0 Å². The van der Waals surface area contributed by atoms with Crippen LogP contribution in [-0.4, -0.2) is 44.6 Å². The Hall–Kier alpha value is -1.44. The van der Waals surface area contributed by atoms with Crippen molar-refractivity contribution in [2.24, 2.45) is 5.92 Å². The number of benzene rings is 1. The summed E-state index contributed by atoms with van der Waals surface area (Å²) in [6.07, 6.45) is 1.98. The number of hydrogen-bond acceptors (Lipinski definition) is 5. The Balaban J connectivity index is 1.78. The molecule has 1 fully saturated rings. The molecule has 0 saturated carbocycles. The van der Waals surface area contributed by atoms with Crippen LogP contribution >= 0.6 is 0 Å². The van der Waals surface area contributed by atoms with Crippen molar-refractivity contribution >= 4 is 21.0 Å². The Morgan fingerprint density at radius 2 is 2.23 bits per heavy atom. The normalized spacial score (nSPS) is 20.5. The second-order valence-corrected chi connectivity index (χ2v) is 7.77. The Morgan fingerprint density at radius 1 is 1.41 bits per heavy atom. The summed E-state index contributed by atoms with van der Waals surface area (Å²) in [6.45, 7) is 2.02. The fourth-order valence-electron chi connectivity index (χ4n) is 3.04. The van der Waals surface area contributed by atoms with Gasteiger partial charge in [-0.3, -0.25) is 0 Å². The van der Waals surface area contributed by atoms with Gasteiger partial charge in [-0.2, -0.15) is 0 Å². The summed E-state index contributed by atoms with van der Waals surface area (Å²) in [5, 5.41) is 7.84. The lowest BCUT2D eigenvalue weighted by Gasteiger charge is -2.31. The van der Waals surface area contributed by atoms with E-state index in [1.807, 2.05) is 25.2 Å². The van der Waals surface area contributed by atoms with Crippen molar-refractivity contribution in [3.63, 3.8) is 0 Å². The maximum Gasteiger partial charge on any atom is 0.220 e. The maximum absolute atomic E-state index is 12.7. The van der Waals surface area contributed by atoms with E-state index in [9.17, 15) is 8.42 Å². The standard InChI is InChI=1S/C15H21N3O3S/c1-16-9-12-5-4-8-18(10-12)22(19,20)11-14-13-6-2-3-7-15(13)21-17-14/h2-3,6-7,12,16H,4-5,8-11H2,1H3. The summed E-state index contributed by atoms with van der Waals surface area (Å²) in [7, 11) is -1.47. The van der Waals surface area contributed by atoms with E-state index in [1.54, 1.807) is 10.4 Å². The molecule has 1 aliphatic heterocycles. The molecule has 6 nitrogen and oxygen atoms in total. The predicted molar refractivity (Wildman–Crippen MR) is 84.9 cm³/mol. The Labute approximate surface area is 130 Å². The van der Waals surface area contributed by atoms with E-state index in [-0.39, 0.29) is 5.75 Å². The van der Waals surface area contributed by atoms with Crippen molar-refractivity contribution in [1.82, 2.24) is 14.8 Å². The quantitative estimate of drug-likeness (QED) is 0.904. The number of fused-ring (bicyclic) bond motifs is 1. The Bertz CT molecular complexity index is 739. The topological polar surface area (TPSA) is 75.4 Å². The van der Waals surface area contributed by atoms with Crippen molar-refractivity contribution in [1.29, 1.82) is 0 Å². The molecule has 120 valence electrons. The monoisotopic (exact) mass is 323 g/mol. The highest BCUT2D eigenvalue weighted by Crippen LogP contribution is 2.24. The molecule has 0 bridgehead atoms. The number of rotatable bonds is 5. The van der Waals surface area contributed by atoms with Crippen LogP contribution in [0.5, 0.6) is 0 Å². The molecule has 1 unspecified atom stereocenters. The average molecular weight is 323 g/mol. The number of aromatic nitrogens is 1. The van der Waals surface area contributed by atoms with Gasteiger partial charge < -0.3 is 9.84 Å². The number of para-hydroxylation sites is 1. The highest BCUT2D eigenvalue weighted by atomic mass is 32.2. The van der Waals surface area contributed by atoms with Crippen LogP contribution in [0.15, 0.2) is 28.8 Å². The van der Waals surface area contributed by atoms with Crippen molar-refractivity contribution in [2.45, 2.75) is 18.6 Å². The molecule has 1 atom stereocenters. The van der Waals surface area contributed by atoms with Crippen LogP contribution in [0.3, 0.4) is 0 Å². The molecule has 1 aliphatic rings. The third-order valence-corrected chi connectivity index (χ3v) is 5.90. The minimum absolute atomic E-state index is 0.101. The van der Waals surface area contributed by atoms with Gasteiger partial charge in [-0.05, 0) is 44.5 Å². The number of piperidine rings is 1. The maximum atomic E-state index is 12.7. The lowest BCUT2D eigenvalue weighted by Crippen LogP contribution is -2.42. The molecule has 2 heterocycles. The minimum Gasteiger partial charge on any atom is -0.356 e. The van der Waals surface area contributed by atoms with E-state index in [0.717, 1.165) is 24.8 Å². The van der Waals surface area contributed by atoms with Crippen molar-refractivity contribution in [3.05, 3.63) is 30.0 Å². The van der Waals surface area contributed by atoms with E-state index >= 15 is 0 Å². The Morgan fingerprint density at radius 3 is 3.05 bits per heavy atom. The lowest BCUT2D eigenvalue weighted by atomic mass is 10.00. The second kappa shape index (κ2) is 6.36. The Kier molecular flexibility index (Phi) is 4.46. The van der Waals surface area contributed by atoms with Gasteiger partial charge in [0.25, 0.3) is 0 Å². The zero-order chi connectivity index (χ0) is 15.6. The fraction of sp³-hybridized carbons (Fsp3) is 0.533.